The molecular weight excluding hydrogens is 698 g/mol. The molecular formula is C31H5F12N7. The summed E-state index contributed by atoms with van der Waals surface area (Å²) in [6, 6.07) is 8.15. The van der Waals surface area contributed by atoms with E-state index in [1.54, 1.807) is 0 Å². The molecule has 3 aromatic rings. The minimum Gasteiger partial charge on any atom is -0.192 e. The summed E-state index contributed by atoms with van der Waals surface area (Å²) in [5, 5.41) is 65.9. The molecule has 0 bridgehead atoms. The number of alkyl halides is 12. The van der Waals surface area contributed by atoms with Gasteiger partial charge in [-0.1, -0.05) is 12.1 Å². The maximum Gasteiger partial charge on any atom is 0.418 e. The van der Waals surface area contributed by atoms with E-state index in [4.69, 9.17) is 0 Å². The van der Waals surface area contributed by atoms with Crippen molar-refractivity contribution in [1.82, 2.24) is 0 Å². The van der Waals surface area contributed by atoms with Gasteiger partial charge >= 0.3 is 24.7 Å². The molecule has 0 fully saturated rings. The molecule has 0 unspecified atom stereocenters. The van der Waals surface area contributed by atoms with Crippen molar-refractivity contribution in [1.29, 1.82) is 36.8 Å². The highest BCUT2D eigenvalue weighted by Crippen LogP contribution is 2.44. The van der Waals surface area contributed by atoms with Gasteiger partial charge in [0.2, 0.25) is 0 Å². The third-order valence-corrected chi connectivity index (χ3v) is 6.77. The monoisotopic (exact) mass is 703 g/mol. The highest BCUT2D eigenvalue weighted by Gasteiger charge is 2.45. The smallest absolute Gasteiger partial charge is 0.192 e. The molecule has 0 amide bonds. The van der Waals surface area contributed by atoms with Gasteiger partial charge in [0, 0.05) is 21.6 Å². The Hall–Kier alpha value is -7.01. The van der Waals surface area contributed by atoms with Crippen LogP contribution in [0.3, 0.4) is 0 Å². The Morgan fingerprint density at radius 2 is 0.820 bits per heavy atom. The molecule has 248 valence electrons. The second-order valence-corrected chi connectivity index (χ2v) is 9.44. The summed E-state index contributed by atoms with van der Waals surface area (Å²) in [6.07, 6.45) is -22.7. The molecule has 0 radical (unpaired) electrons. The third kappa shape index (κ3) is 6.43. The molecule has 0 heterocycles. The van der Waals surface area contributed by atoms with Gasteiger partial charge in [-0.3, -0.25) is 0 Å². The number of hydrogen-bond donors (Lipinski definition) is 0. The van der Waals surface area contributed by atoms with Crippen LogP contribution in [0.2, 0.25) is 0 Å². The number of rotatable bonds is 2. The van der Waals surface area contributed by atoms with Gasteiger partial charge in [0.05, 0.1) is 67.3 Å². The van der Waals surface area contributed by atoms with Crippen molar-refractivity contribution in [2.24, 2.45) is 0 Å². The summed E-state index contributed by atoms with van der Waals surface area (Å²) in [5.41, 5.74) is -22.3. The fraction of sp³-hybridized carbons (Fsp3) is 0.129. The fourth-order valence-electron chi connectivity index (χ4n) is 4.89. The van der Waals surface area contributed by atoms with Gasteiger partial charge in [0.25, 0.3) is 0 Å². The molecule has 0 aliphatic rings. The van der Waals surface area contributed by atoms with Gasteiger partial charge in [-0.15, -0.1) is 0 Å². The zero-order valence-electron chi connectivity index (χ0n) is 23.6. The standard InChI is InChI=1S/C31H5F12N7/c32-28(33,34)23-3-1-14(26(21(23)11-49)30(38,39)40)17(7-45)16-5-13(6-44)25(20(10-48)18(16)8-46)19(9-47)15-2-4-24(29(35,36)37)22(12-50)27(15)31(41,42)43/h1-5H/b17-16+,25-19-. The molecule has 0 aliphatic heterocycles. The van der Waals surface area contributed by atoms with Crippen molar-refractivity contribution in [3.05, 3.63) is 102 Å². The van der Waals surface area contributed by atoms with E-state index < -0.39 is 107 Å². The fourth-order valence-corrected chi connectivity index (χ4v) is 4.89. The Bertz CT molecular complexity index is 2400. The predicted octanol–water partition coefficient (Wildman–Crippen LogP) is 6.57. The van der Waals surface area contributed by atoms with Crippen molar-refractivity contribution < 1.29 is 52.7 Å². The van der Waals surface area contributed by atoms with E-state index in [1.807, 2.05) is 0 Å². The van der Waals surface area contributed by atoms with Crippen LogP contribution in [-0.4, -0.2) is 0 Å². The molecule has 0 N–H and O–H groups in total. The minimum atomic E-state index is -5.82. The van der Waals surface area contributed by atoms with Gasteiger partial charge < -0.3 is 0 Å². The average molecular weight is 703 g/mol. The normalized spacial score (nSPS) is 12.9. The molecule has 3 rings (SSSR count). The van der Waals surface area contributed by atoms with Gasteiger partial charge in [-0.2, -0.15) is 89.5 Å². The summed E-state index contributed by atoms with van der Waals surface area (Å²) in [5.74, 6) is 0. The van der Waals surface area contributed by atoms with Gasteiger partial charge in [0.15, 0.2) is 0 Å². The lowest BCUT2D eigenvalue weighted by Gasteiger charge is -2.19. The van der Waals surface area contributed by atoms with Crippen LogP contribution in [0.15, 0.2) is 30.3 Å². The van der Waals surface area contributed by atoms with Crippen molar-refractivity contribution in [3.63, 3.8) is 0 Å². The number of nitrogens with zero attached hydrogens (tertiary/aromatic N) is 7. The second kappa shape index (κ2) is 12.9. The highest BCUT2D eigenvalue weighted by atomic mass is 19.4. The first kappa shape index (κ1) is 37.4. The zero-order chi connectivity index (χ0) is 38.1. The molecule has 19 heteroatoms. The molecule has 0 aromatic heterocycles. The first-order valence-electron chi connectivity index (χ1n) is 12.5. The maximum atomic E-state index is 14.2. The second-order valence-electron chi connectivity index (χ2n) is 9.44. The largest absolute Gasteiger partial charge is 0.418 e. The molecule has 7 nitrogen and oxygen atoms in total. The van der Waals surface area contributed by atoms with Crippen LogP contribution in [0.25, 0.3) is 11.1 Å². The summed E-state index contributed by atoms with van der Waals surface area (Å²) in [6.45, 7) is 0. The van der Waals surface area contributed by atoms with E-state index in [-0.39, 0.29) is 24.3 Å². The molecule has 50 heavy (non-hydrogen) atoms. The lowest BCUT2D eigenvalue weighted by molar-refractivity contribution is -0.145. The molecule has 0 aliphatic carbocycles. The summed E-state index contributed by atoms with van der Waals surface area (Å²) < 4.78 is 166. The predicted molar refractivity (Wildman–Crippen MR) is 138 cm³/mol. The number of benzene rings is 3. The van der Waals surface area contributed by atoms with Gasteiger partial charge in [0.1, 0.15) is 36.4 Å². The number of nitriles is 7. The van der Waals surface area contributed by atoms with Crippen molar-refractivity contribution >= 4 is 11.1 Å². The Morgan fingerprint density at radius 1 is 0.440 bits per heavy atom. The van der Waals surface area contributed by atoms with Crippen LogP contribution >= 0.6 is 0 Å². The molecule has 0 atom stereocenters. The first-order valence-corrected chi connectivity index (χ1v) is 12.5. The Balaban J connectivity index is 2.82. The van der Waals surface area contributed by atoms with Crippen LogP contribution in [-0.2, 0) is 24.7 Å². The molecule has 0 saturated carbocycles. The van der Waals surface area contributed by atoms with E-state index in [2.05, 4.69) is 0 Å². The molecule has 0 saturated heterocycles. The van der Waals surface area contributed by atoms with Gasteiger partial charge in [-0.25, -0.2) is 0 Å². The van der Waals surface area contributed by atoms with Crippen LogP contribution < -0.4 is 10.4 Å². The van der Waals surface area contributed by atoms with Crippen molar-refractivity contribution in [2.45, 2.75) is 24.7 Å². The van der Waals surface area contributed by atoms with Crippen LogP contribution in [0, 0.1) is 79.3 Å². The Kier molecular flexibility index (Phi) is 9.65. The number of hydrogen-bond acceptors (Lipinski definition) is 7. The SMILES string of the molecule is N#C/C(c1ccc(C(F)(F)F)c(C#N)c1C(F)(F)F)=c1/cc(C#N)/c(=C(\C#N)c2ccc(C(F)(F)F)c(C#N)c2C(F)(F)F)c(C#N)c1C#N. The number of halogens is 12. The van der Waals surface area contributed by atoms with Crippen LogP contribution in [0.5, 0.6) is 0 Å². The van der Waals surface area contributed by atoms with Crippen LogP contribution in [0.4, 0.5) is 52.7 Å². The zero-order valence-corrected chi connectivity index (χ0v) is 23.6. The quantitative estimate of drug-likeness (QED) is 0.272. The molecule has 3 aromatic carbocycles. The van der Waals surface area contributed by atoms with Crippen molar-refractivity contribution in [2.75, 3.05) is 0 Å². The maximum absolute atomic E-state index is 14.2. The highest BCUT2D eigenvalue weighted by molar-refractivity contribution is 5.85. The topological polar surface area (TPSA) is 167 Å². The Morgan fingerprint density at radius 3 is 1.12 bits per heavy atom. The van der Waals surface area contributed by atoms with E-state index in [9.17, 15) is 89.5 Å². The Labute approximate surface area is 270 Å². The van der Waals surface area contributed by atoms with Crippen LogP contribution in [0.1, 0.15) is 61.2 Å². The van der Waals surface area contributed by atoms with Gasteiger partial charge in [-0.05, 0) is 18.2 Å². The van der Waals surface area contributed by atoms with E-state index in [0.29, 0.717) is 6.07 Å². The first-order chi connectivity index (χ1) is 23.1. The lowest BCUT2D eigenvalue weighted by Crippen LogP contribution is -2.28. The average Bonchev–Trinajstić information content (AvgIpc) is 3.02. The lowest BCUT2D eigenvalue weighted by atomic mass is 9.86. The summed E-state index contributed by atoms with van der Waals surface area (Å²) >= 11 is 0. The summed E-state index contributed by atoms with van der Waals surface area (Å²) in [4.78, 5) is 0. The van der Waals surface area contributed by atoms with Crippen molar-refractivity contribution in [3.8, 4) is 42.5 Å². The minimum absolute atomic E-state index is 0.00505. The summed E-state index contributed by atoms with van der Waals surface area (Å²) in [7, 11) is 0. The van der Waals surface area contributed by atoms with E-state index in [0.717, 1.165) is 12.1 Å². The third-order valence-electron chi connectivity index (χ3n) is 6.77. The van der Waals surface area contributed by atoms with E-state index >= 15 is 0 Å². The van der Waals surface area contributed by atoms with E-state index in [1.165, 1.54) is 30.3 Å². The molecule has 0 spiro atoms.